The maximum atomic E-state index is 12.1. The minimum absolute atomic E-state index is 0.0244. The number of piperidine rings is 1. The van der Waals surface area contributed by atoms with Crippen molar-refractivity contribution in [2.45, 2.75) is 45.4 Å². The van der Waals surface area contributed by atoms with Gasteiger partial charge in [-0.15, -0.1) is 0 Å². The Kier molecular flexibility index (Phi) is 7.80. The third-order valence-electron chi connectivity index (χ3n) is 5.63. The summed E-state index contributed by atoms with van der Waals surface area (Å²) in [6, 6.07) is 7.80. The van der Waals surface area contributed by atoms with Crippen LogP contribution in [0.4, 0.5) is 4.79 Å². The van der Waals surface area contributed by atoms with Gasteiger partial charge in [0.15, 0.2) is 0 Å². The van der Waals surface area contributed by atoms with Crippen molar-refractivity contribution in [2.24, 2.45) is 0 Å². The van der Waals surface area contributed by atoms with E-state index < -0.39 is 0 Å². The number of rotatable bonds is 6. The average molecular weight is 440 g/mol. The van der Waals surface area contributed by atoms with Crippen LogP contribution in [0.5, 0.6) is 0 Å². The molecule has 3 rings (SSSR count). The second-order valence-corrected chi connectivity index (χ2v) is 8.74. The molecule has 1 fully saturated rings. The summed E-state index contributed by atoms with van der Waals surface area (Å²) < 4.78 is 5.29. The molecule has 32 heavy (non-hydrogen) atoms. The number of hydrogen-bond donors (Lipinski definition) is 0. The first-order chi connectivity index (χ1) is 15.2. The van der Waals surface area contributed by atoms with Gasteiger partial charge in [-0.3, -0.25) is 19.7 Å². The third-order valence-corrected chi connectivity index (χ3v) is 5.63. The van der Waals surface area contributed by atoms with Crippen molar-refractivity contribution in [2.75, 3.05) is 34.2 Å². The largest absolute Gasteiger partial charge is 0.447 e. The molecule has 2 aromatic rings. The molecule has 0 atom stereocenters. The van der Waals surface area contributed by atoms with Crippen LogP contribution in [-0.2, 0) is 11.3 Å². The van der Waals surface area contributed by atoms with Gasteiger partial charge in [0.05, 0.1) is 29.9 Å². The highest BCUT2D eigenvalue weighted by atomic mass is 16.6. The highest BCUT2D eigenvalue weighted by Gasteiger charge is 2.26. The van der Waals surface area contributed by atoms with Gasteiger partial charge in [0, 0.05) is 50.9 Å². The molecule has 1 saturated heterocycles. The Morgan fingerprint density at radius 2 is 1.72 bits per heavy atom. The van der Waals surface area contributed by atoms with Gasteiger partial charge in [0.2, 0.25) is 0 Å². The number of carbonyl (C=O) groups is 2. The summed E-state index contributed by atoms with van der Waals surface area (Å²) in [5.41, 5.74) is 3.25. The van der Waals surface area contributed by atoms with Crippen LogP contribution in [0.15, 0.2) is 36.7 Å². The van der Waals surface area contributed by atoms with Gasteiger partial charge in [-0.25, -0.2) is 4.79 Å². The number of hydrogen-bond acceptors (Lipinski definition) is 6. The molecule has 2 heterocycles. The molecule has 0 aliphatic carbocycles. The molecule has 8 heteroatoms. The maximum Gasteiger partial charge on any atom is 0.410 e. The predicted molar refractivity (Wildman–Crippen MR) is 123 cm³/mol. The lowest BCUT2D eigenvalue weighted by atomic mass is 10.0. The van der Waals surface area contributed by atoms with Crippen molar-refractivity contribution >= 4 is 12.0 Å². The summed E-state index contributed by atoms with van der Waals surface area (Å²) in [4.78, 5) is 38.9. The molecular formula is C24H33N5O3. The maximum absolute atomic E-state index is 12.1. The van der Waals surface area contributed by atoms with E-state index in [1.807, 2.05) is 38.1 Å². The minimum atomic E-state index is -0.221. The number of likely N-dealkylation sites (tertiary alicyclic amines) is 1. The molecule has 0 radical (unpaired) electrons. The van der Waals surface area contributed by atoms with E-state index in [1.165, 1.54) is 0 Å². The second-order valence-electron chi connectivity index (χ2n) is 8.74. The zero-order chi connectivity index (χ0) is 23.3. The highest BCUT2D eigenvalue weighted by molar-refractivity contribution is 5.94. The fourth-order valence-electron chi connectivity index (χ4n) is 3.78. The first-order valence-electron chi connectivity index (χ1n) is 11.0. The van der Waals surface area contributed by atoms with Crippen molar-refractivity contribution < 1.29 is 14.3 Å². The van der Waals surface area contributed by atoms with Crippen molar-refractivity contribution in [1.29, 1.82) is 0 Å². The molecule has 0 N–H and O–H groups in total. The van der Waals surface area contributed by atoms with Crippen molar-refractivity contribution in [3.63, 3.8) is 0 Å². The molecule has 0 bridgehead atoms. The Balaban J connectivity index is 1.53. The fraction of sp³-hybridized carbons (Fsp3) is 0.500. The lowest BCUT2D eigenvalue weighted by Gasteiger charge is -2.36. The Bertz CT molecular complexity index is 904. The first kappa shape index (κ1) is 23.7. The molecule has 1 aliphatic rings. The summed E-state index contributed by atoms with van der Waals surface area (Å²) in [5.74, 6) is -0.0244. The molecule has 172 valence electrons. The van der Waals surface area contributed by atoms with Crippen molar-refractivity contribution in [3.8, 4) is 11.3 Å². The zero-order valence-electron chi connectivity index (χ0n) is 19.6. The standard InChI is InChI=1S/C24H33N5O3/c1-17(2)32-24(31)29-12-10-21(11-13-29)28(5)16-20-14-26-22(15-25-20)18-6-8-19(9-7-18)23(30)27(3)4/h6-9,14-15,17,21H,10-13,16H2,1-5H3. The lowest BCUT2D eigenvalue weighted by Crippen LogP contribution is -2.46. The van der Waals surface area contributed by atoms with Gasteiger partial charge in [-0.05, 0) is 45.9 Å². The number of nitrogens with zero attached hydrogens (tertiary/aromatic N) is 5. The van der Waals surface area contributed by atoms with Crippen LogP contribution >= 0.6 is 0 Å². The van der Waals surface area contributed by atoms with E-state index in [0.717, 1.165) is 29.8 Å². The topological polar surface area (TPSA) is 78.9 Å². The summed E-state index contributed by atoms with van der Waals surface area (Å²) in [5, 5.41) is 0. The normalized spacial score (nSPS) is 14.7. The quantitative estimate of drug-likeness (QED) is 0.687. The molecule has 0 saturated carbocycles. The zero-order valence-corrected chi connectivity index (χ0v) is 19.6. The van der Waals surface area contributed by atoms with E-state index in [-0.39, 0.29) is 18.1 Å². The Hall–Kier alpha value is -3.00. The summed E-state index contributed by atoms with van der Waals surface area (Å²) in [7, 11) is 5.56. The lowest BCUT2D eigenvalue weighted by molar-refractivity contribution is 0.0575. The van der Waals surface area contributed by atoms with E-state index in [9.17, 15) is 9.59 Å². The van der Waals surface area contributed by atoms with E-state index in [0.29, 0.717) is 31.2 Å². The van der Waals surface area contributed by atoms with E-state index in [4.69, 9.17) is 4.74 Å². The van der Waals surface area contributed by atoms with Gasteiger partial charge in [0.25, 0.3) is 5.91 Å². The number of ether oxygens (including phenoxy) is 1. The molecule has 1 aliphatic heterocycles. The summed E-state index contributed by atoms with van der Waals surface area (Å²) in [6.45, 7) is 5.84. The first-order valence-corrected chi connectivity index (χ1v) is 11.0. The van der Waals surface area contributed by atoms with E-state index in [2.05, 4.69) is 21.9 Å². The predicted octanol–water partition coefficient (Wildman–Crippen LogP) is 3.29. The van der Waals surface area contributed by atoms with Crippen molar-refractivity contribution in [1.82, 2.24) is 24.7 Å². The molecule has 8 nitrogen and oxygen atoms in total. The molecule has 1 aromatic carbocycles. The van der Waals surface area contributed by atoms with Crippen LogP contribution < -0.4 is 0 Å². The SMILES string of the molecule is CC(C)OC(=O)N1CCC(N(C)Cc2cnc(-c3ccc(C(=O)N(C)C)cc3)cn2)CC1. The monoisotopic (exact) mass is 439 g/mol. The third kappa shape index (κ3) is 6.03. The Morgan fingerprint density at radius 1 is 1.06 bits per heavy atom. The number of benzene rings is 1. The van der Waals surface area contributed by atoms with E-state index >= 15 is 0 Å². The summed E-state index contributed by atoms with van der Waals surface area (Å²) >= 11 is 0. The molecule has 2 amide bonds. The van der Waals surface area contributed by atoms with Gasteiger partial charge < -0.3 is 14.5 Å². The second kappa shape index (κ2) is 10.5. The van der Waals surface area contributed by atoms with Crippen LogP contribution in [-0.4, -0.2) is 83.0 Å². The number of carbonyl (C=O) groups excluding carboxylic acids is 2. The van der Waals surface area contributed by atoms with Crippen LogP contribution in [0.1, 0.15) is 42.7 Å². The molecular weight excluding hydrogens is 406 g/mol. The van der Waals surface area contributed by atoms with E-state index in [1.54, 1.807) is 36.3 Å². The minimum Gasteiger partial charge on any atom is -0.447 e. The van der Waals surface area contributed by atoms with Crippen molar-refractivity contribution in [3.05, 3.63) is 47.9 Å². The number of aromatic nitrogens is 2. The highest BCUT2D eigenvalue weighted by Crippen LogP contribution is 2.20. The smallest absolute Gasteiger partial charge is 0.410 e. The Morgan fingerprint density at radius 3 is 2.25 bits per heavy atom. The molecule has 0 spiro atoms. The Labute approximate surface area is 190 Å². The van der Waals surface area contributed by atoms with Crippen LogP contribution in [0, 0.1) is 0 Å². The van der Waals surface area contributed by atoms with Crippen LogP contribution in [0.2, 0.25) is 0 Å². The molecule has 0 unspecified atom stereocenters. The van der Waals surface area contributed by atoms with Gasteiger partial charge >= 0.3 is 6.09 Å². The van der Waals surface area contributed by atoms with Gasteiger partial charge in [-0.1, -0.05) is 12.1 Å². The van der Waals surface area contributed by atoms with Gasteiger partial charge in [-0.2, -0.15) is 0 Å². The van der Waals surface area contributed by atoms with Crippen LogP contribution in [0.3, 0.4) is 0 Å². The summed E-state index contributed by atoms with van der Waals surface area (Å²) in [6.07, 6.45) is 5.08. The molecule has 1 aromatic heterocycles. The average Bonchev–Trinajstić information content (AvgIpc) is 2.79. The number of amides is 2. The fourth-order valence-corrected chi connectivity index (χ4v) is 3.78. The van der Waals surface area contributed by atoms with Gasteiger partial charge in [0.1, 0.15) is 0 Å². The van der Waals surface area contributed by atoms with Crippen LogP contribution in [0.25, 0.3) is 11.3 Å².